The maximum atomic E-state index is 4.21. The summed E-state index contributed by atoms with van der Waals surface area (Å²) in [6.07, 6.45) is 3.93. The molecule has 0 bridgehead atoms. The Kier molecular flexibility index (Phi) is 5.42. The maximum absolute atomic E-state index is 4.21. The third kappa shape index (κ3) is 4.92. The molecule has 0 fully saturated rings. The van der Waals surface area contributed by atoms with Crippen molar-refractivity contribution < 1.29 is 0 Å². The molecule has 80 valence electrons. The Morgan fingerprint density at radius 1 is 1.50 bits per heavy atom. The molecule has 0 saturated heterocycles. The molecule has 1 aromatic rings. The molecular weight excluding hydrogens is 291 g/mol. The van der Waals surface area contributed by atoms with Crippen LogP contribution in [0.4, 0.5) is 0 Å². The zero-order chi connectivity index (χ0) is 10.4. The summed E-state index contributed by atoms with van der Waals surface area (Å²) in [5, 5.41) is 7.58. The summed E-state index contributed by atoms with van der Waals surface area (Å²) in [5.74, 6) is 0. The molecule has 4 nitrogen and oxygen atoms in total. The molecule has 0 aliphatic carbocycles. The largest absolute Gasteiger partial charge is 0.314 e. The molecule has 5 heteroatoms. The number of halogens is 1. The molecule has 0 unspecified atom stereocenters. The molecule has 1 aromatic heterocycles. The maximum Gasteiger partial charge on any atom is 0.0623 e. The van der Waals surface area contributed by atoms with Crippen LogP contribution >= 0.6 is 22.6 Å². The van der Waals surface area contributed by atoms with E-state index in [9.17, 15) is 0 Å². The lowest BCUT2D eigenvalue weighted by atomic mass is 10.5. The van der Waals surface area contributed by atoms with Crippen LogP contribution in [-0.4, -0.2) is 48.4 Å². The third-order valence-corrected chi connectivity index (χ3v) is 2.41. The highest BCUT2D eigenvalue weighted by Crippen LogP contribution is 2.00. The molecule has 1 heterocycles. The van der Waals surface area contributed by atoms with Gasteiger partial charge in [0, 0.05) is 25.8 Å². The van der Waals surface area contributed by atoms with Crippen molar-refractivity contribution in [1.29, 1.82) is 0 Å². The van der Waals surface area contributed by atoms with Gasteiger partial charge in [0.1, 0.15) is 0 Å². The minimum Gasteiger partial charge on any atom is -0.314 e. The summed E-state index contributed by atoms with van der Waals surface area (Å²) >= 11 is 2.27. The van der Waals surface area contributed by atoms with Crippen LogP contribution in [0.3, 0.4) is 0 Å². The van der Waals surface area contributed by atoms with E-state index in [4.69, 9.17) is 0 Å². The Morgan fingerprint density at radius 2 is 2.29 bits per heavy atom. The first-order valence-corrected chi connectivity index (χ1v) is 5.80. The third-order valence-electron chi connectivity index (χ3n) is 1.86. The number of nitrogens with one attached hydrogen (secondary N) is 1. The lowest BCUT2D eigenvalue weighted by molar-refractivity contribution is 0.396. The average Bonchev–Trinajstić information content (AvgIpc) is 2.50. The highest BCUT2D eigenvalue weighted by molar-refractivity contribution is 14.1. The van der Waals surface area contributed by atoms with Crippen molar-refractivity contribution in [2.75, 3.05) is 33.7 Å². The van der Waals surface area contributed by atoms with Crippen molar-refractivity contribution >= 4 is 22.6 Å². The first-order valence-electron chi connectivity index (χ1n) is 4.72. The van der Waals surface area contributed by atoms with E-state index in [-0.39, 0.29) is 0 Å². The van der Waals surface area contributed by atoms with Gasteiger partial charge in [0.05, 0.1) is 16.3 Å². The molecule has 0 saturated carbocycles. The molecule has 0 aromatic carbocycles. The highest BCUT2D eigenvalue weighted by Gasteiger charge is 1.94. The number of hydrogen-bond acceptors (Lipinski definition) is 3. The van der Waals surface area contributed by atoms with Gasteiger partial charge in [-0.2, -0.15) is 5.10 Å². The minimum atomic E-state index is 0.941. The SMILES string of the molecule is CN(C)CCNCCn1cc(I)cn1. The van der Waals surface area contributed by atoms with Crippen molar-refractivity contribution in [2.24, 2.45) is 0 Å². The van der Waals surface area contributed by atoms with Crippen LogP contribution < -0.4 is 5.32 Å². The highest BCUT2D eigenvalue weighted by atomic mass is 127. The van der Waals surface area contributed by atoms with E-state index in [1.165, 1.54) is 3.57 Å². The normalized spacial score (nSPS) is 11.1. The Balaban J connectivity index is 2.04. The number of nitrogens with zero attached hydrogens (tertiary/aromatic N) is 3. The van der Waals surface area contributed by atoms with E-state index in [1.807, 2.05) is 17.1 Å². The van der Waals surface area contributed by atoms with Crippen LogP contribution in [0.2, 0.25) is 0 Å². The molecule has 0 radical (unpaired) electrons. The second-order valence-corrected chi connectivity index (χ2v) is 4.72. The van der Waals surface area contributed by atoms with Gasteiger partial charge in [-0.15, -0.1) is 0 Å². The van der Waals surface area contributed by atoms with Gasteiger partial charge in [-0.3, -0.25) is 4.68 Å². The minimum absolute atomic E-state index is 0.941. The summed E-state index contributed by atoms with van der Waals surface area (Å²) < 4.78 is 3.15. The van der Waals surface area contributed by atoms with Crippen molar-refractivity contribution in [3.05, 3.63) is 16.0 Å². The number of rotatable bonds is 6. The average molecular weight is 308 g/mol. The summed E-state index contributed by atoms with van der Waals surface area (Å²) in [7, 11) is 4.16. The zero-order valence-electron chi connectivity index (χ0n) is 8.70. The molecule has 0 aliphatic rings. The van der Waals surface area contributed by atoms with Crippen molar-refractivity contribution in [2.45, 2.75) is 6.54 Å². The van der Waals surface area contributed by atoms with Gasteiger partial charge in [0.25, 0.3) is 0 Å². The van der Waals surface area contributed by atoms with Gasteiger partial charge in [-0.05, 0) is 36.7 Å². The van der Waals surface area contributed by atoms with Crippen LogP contribution in [0.5, 0.6) is 0 Å². The van der Waals surface area contributed by atoms with E-state index in [1.54, 1.807) is 0 Å². The van der Waals surface area contributed by atoms with E-state index in [2.05, 4.69) is 52.0 Å². The smallest absolute Gasteiger partial charge is 0.0623 e. The van der Waals surface area contributed by atoms with Crippen molar-refractivity contribution in [3.63, 3.8) is 0 Å². The van der Waals surface area contributed by atoms with Crippen LogP contribution in [0.1, 0.15) is 0 Å². The fourth-order valence-electron chi connectivity index (χ4n) is 1.08. The lowest BCUT2D eigenvalue weighted by Gasteiger charge is -2.10. The van der Waals surface area contributed by atoms with Crippen molar-refractivity contribution in [3.8, 4) is 0 Å². The summed E-state index contributed by atoms with van der Waals surface area (Å²) in [5.41, 5.74) is 0. The predicted octanol–water partition coefficient (Wildman–Crippen LogP) is 0.639. The zero-order valence-corrected chi connectivity index (χ0v) is 10.9. The van der Waals surface area contributed by atoms with Crippen LogP contribution in [0.25, 0.3) is 0 Å². The van der Waals surface area contributed by atoms with Gasteiger partial charge < -0.3 is 10.2 Å². The monoisotopic (exact) mass is 308 g/mol. The number of likely N-dealkylation sites (N-methyl/N-ethyl adjacent to an activating group) is 1. The molecular formula is C9H17IN4. The van der Waals surface area contributed by atoms with Gasteiger partial charge in [-0.1, -0.05) is 0 Å². The second kappa shape index (κ2) is 6.36. The van der Waals surface area contributed by atoms with E-state index < -0.39 is 0 Å². The van der Waals surface area contributed by atoms with E-state index in [0.717, 1.165) is 26.2 Å². The van der Waals surface area contributed by atoms with E-state index >= 15 is 0 Å². The second-order valence-electron chi connectivity index (χ2n) is 3.47. The fraction of sp³-hybridized carbons (Fsp3) is 0.667. The predicted molar refractivity (Wildman–Crippen MR) is 66.4 cm³/mol. The summed E-state index contributed by atoms with van der Waals surface area (Å²) in [4.78, 5) is 2.17. The molecule has 14 heavy (non-hydrogen) atoms. The number of hydrogen-bond donors (Lipinski definition) is 1. The van der Waals surface area contributed by atoms with Crippen LogP contribution in [0.15, 0.2) is 12.4 Å². The molecule has 0 atom stereocenters. The lowest BCUT2D eigenvalue weighted by Crippen LogP contribution is -2.28. The first-order chi connectivity index (χ1) is 6.68. The van der Waals surface area contributed by atoms with Crippen molar-refractivity contribution in [1.82, 2.24) is 20.0 Å². The topological polar surface area (TPSA) is 33.1 Å². The van der Waals surface area contributed by atoms with Crippen LogP contribution in [-0.2, 0) is 6.54 Å². The Hall–Kier alpha value is -0.140. The van der Waals surface area contributed by atoms with Gasteiger partial charge in [0.15, 0.2) is 0 Å². The van der Waals surface area contributed by atoms with E-state index in [0.29, 0.717) is 0 Å². The molecule has 0 aliphatic heterocycles. The molecule has 1 rings (SSSR count). The number of aromatic nitrogens is 2. The van der Waals surface area contributed by atoms with Crippen LogP contribution in [0, 0.1) is 3.57 Å². The Bertz CT molecular complexity index is 259. The van der Waals surface area contributed by atoms with Gasteiger partial charge in [0.2, 0.25) is 0 Å². The Morgan fingerprint density at radius 3 is 2.86 bits per heavy atom. The van der Waals surface area contributed by atoms with Gasteiger partial charge in [-0.25, -0.2) is 0 Å². The fourth-order valence-corrected chi connectivity index (χ4v) is 1.53. The summed E-state index contributed by atoms with van der Waals surface area (Å²) in [6.45, 7) is 4.03. The Labute approximate surface area is 98.8 Å². The summed E-state index contributed by atoms with van der Waals surface area (Å²) in [6, 6.07) is 0. The van der Waals surface area contributed by atoms with Gasteiger partial charge >= 0.3 is 0 Å². The standard InChI is InChI=1S/C9H17IN4/c1-13(2)5-3-11-4-6-14-8-9(10)7-12-14/h7-8,11H,3-6H2,1-2H3. The first kappa shape index (κ1) is 11.9. The molecule has 0 amide bonds. The quantitative estimate of drug-likeness (QED) is 0.618. The molecule has 1 N–H and O–H groups in total. The molecule has 0 spiro atoms.